The van der Waals surface area contributed by atoms with Crippen molar-refractivity contribution in [1.29, 1.82) is 0 Å². The van der Waals surface area contributed by atoms with E-state index in [0.717, 1.165) is 22.6 Å². The summed E-state index contributed by atoms with van der Waals surface area (Å²) >= 11 is 1.56. The van der Waals surface area contributed by atoms with E-state index >= 15 is 0 Å². The Bertz CT molecular complexity index is 624. The molecule has 1 aromatic heterocycles. The molecule has 0 radical (unpaired) electrons. The van der Waals surface area contributed by atoms with Gasteiger partial charge in [0, 0.05) is 11.4 Å². The SMILES string of the molecule is COc1ccc(CCNC(=O)C(C)O/N=C/c2cccs2)cc1. The maximum absolute atomic E-state index is 11.9. The molecule has 2 rings (SSSR count). The van der Waals surface area contributed by atoms with E-state index in [1.165, 1.54) is 0 Å². The van der Waals surface area contributed by atoms with Gasteiger partial charge in [-0.2, -0.15) is 0 Å². The summed E-state index contributed by atoms with van der Waals surface area (Å²) in [6.45, 7) is 2.22. The molecule has 0 bridgehead atoms. The number of benzene rings is 1. The molecular weight excluding hydrogens is 312 g/mol. The fraction of sp³-hybridized carbons (Fsp3) is 0.294. The lowest BCUT2D eigenvalue weighted by Gasteiger charge is -2.10. The standard InChI is InChI=1S/C17H20N2O3S/c1-13(22-19-12-16-4-3-11-23-16)17(20)18-10-9-14-5-7-15(21-2)8-6-14/h3-8,11-13H,9-10H2,1-2H3,(H,18,20)/b19-12+. The molecule has 5 nitrogen and oxygen atoms in total. The number of methoxy groups -OCH3 is 1. The van der Waals surface area contributed by atoms with Gasteiger partial charge in [-0.25, -0.2) is 0 Å². The van der Waals surface area contributed by atoms with Gasteiger partial charge in [0.15, 0.2) is 0 Å². The third-order valence-electron chi connectivity index (χ3n) is 3.18. The van der Waals surface area contributed by atoms with E-state index in [1.807, 2.05) is 41.8 Å². The number of ether oxygens (including phenoxy) is 1. The Labute approximate surface area is 139 Å². The van der Waals surface area contributed by atoms with Gasteiger partial charge in [0.25, 0.3) is 5.91 Å². The quantitative estimate of drug-likeness (QED) is 0.597. The molecule has 1 amide bonds. The molecule has 0 aliphatic rings. The Hall–Kier alpha value is -2.34. The van der Waals surface area contributed by atoms with Crippen LogP contribution in [0.15, 0.2) is 46.9 Å². The van der Waals surface area contributed by atoms with Gasteiger partial charge in [-0.3, -0.25) is 4.79 Å². The number of amides is 1. The number of nitrogens with zero attached hydrogens (tertiary/aromatic N) is 1. The predicted octanol–water partition coefficient (Wildman–Crippen LogP) is 2.85. The number of carbonyl (C=O) groups excluding carboxylic acids is 1. The average Bonchev–Trinajstić information content (AvgIpc) is 3.08. The smallest absolute Gasteiger partial charge is 0.263 e. The second-order valence-electron chi connectivity index (χ2n) is 4.89. The van der Waals surface area contributed by atoms with Crippen LogP contribution in [-0.4, -0.2) is 31.9 Å². The molecule has 1 N–H and O–H groups in total. The molecule has 0 fully saturated rings. The molecule has 1 unspecified atom stereocenters. The van der Waals surface area contributed by atoms with Gasteiger partial charge in [0.2, 0.25) is 6.10 Å². The van der Waals surface area contributed by atoms with Gasteiger partial charge in [-0.1, -0.05) is 23.4 Å². The van der Waals surface area contributed by atoms with Crippen molar-refractivity contribution in [1.82, 2.24) is 5.32 Å². The minimum atomic E-state index is -0.623. The molecule has 0 aliphatic heterocycles. The highest BCUT2D eigenvalue weighted by molar-refractivity contribution is 7.11. The van der Waals surface area contributed by atoms with Gasteiger partial charge in [0.1, 0.15) is 5.75 Å². The van der Waals surface area contributed by atoms with Crippen LogP contribution in [0, 0.1) is 0 Å². The highest BCUT2D eigenvalue weighted by atomic mass is 32.1. The zero-order valence-electron chi connectivity index (χ0n) is 13.2. The monoisotopic (exact) mass is 332 g/mol. The van der Waals surface area contributed by atoms with Crippen molar-refractivity contribution in [2.24, 2.45) is 5.16 Å². The first kappa shape index (κ1) is 17.0. The third kappa shape index (κ3) is 5.75. The summed E-state index contributed by atoms with van der Waals surface area (Å²) in [5.74, 6) is 0.644. The van der Waals surface area contributed by atoms with Crippen molar-refractivity contribution in [2.45, 2.75) is 19.4 Å². The highest BCUT2D eigenvalue weighted by Crippen LogP contribution is 2.11. The zero-order chi connectivity index (χ0) is 16.5. The number of rotatable bonds is 8. The number of carbonyl (C=O) groups is 1. The molecule has 2 aromatic rings. The molecule has 1 atom stereocenters. The van der Waals surface area contributed by atoms with E-state index in [2.05, 4.69) is 10.5 Å². The largest absolute Gasteiger partial charge is 0.497 e. The van der Waals surface area contributed by atoms with Crippen LogP contribution in [0.5, 0.6) is 5.75 Å². The van der Waals surface area contributed by atoms with Crippen LogP contribution < -0.4 is 10.1 Å². The summed E-state index contributed by atoms with van der Waals surface area (Å²) in [6.07, 6.45) is 1.73. The summed E-state index contributed by atoms with van der Waals surface area (Å²) in [4.78, 5) is 18.0. The van der Waals surface area contributed by atoms with Crippen molar-refractivity contribution in [2.75, 3.05) is 13.7 Å². The Morgan fingerprint density at radius 3 is 2.78 bits per heavy atom. The van der Waals surface area contributed by atoms with Crippen LogP contribution in [-0.2, 0) is 16.1 Å². The van der Waals surface area contributed by atoms with E-state index < -0.39 is 6.10 Å². The predicted molar refractivity (Wildman–Crippen MR) is 92.2 cm³/mol. The van der Waals surface area contributed by atoms with Gasteiger partial charge in [0.05, 0.1) is 13.3 Å². The molecule has 0 saturated heterocycles. The molecule has 0 aliphatic carbocycles. The second-order valence-corrected chi connectivity index (χ2v) is 5.87. The lowest BCUT2D eigenvalue weighted by atomic mass is 10.1. The number of nitrogens with one attached hydrogen (secondary N) is 1. The molecule has 0 saturated carbocycles. The minimum absolute atomic E-state index is 0.179. The first-order valence-electron chi connectivity index (χ1n) is 7.32. The molecule has 1 aromatic carbocycles. The molecule has 0 spiro atoms. The summed E-state index contributed by atoms with van der Waals surface area (Å²) in [5, 5.41) is 8.62. The maximum Gasteiger partial charge on any atom is 0.263 e. The summed E-state index contributed by atoms with van der Waals surface area (Å²) in [7, 11) is 1.64. The van der Waals surface area contributed by atoms with Gasteiger partial charge in [-0.05, 0) is 42.5 Å². The van der Waals surface area contributed by atoms with Crippen LogP contribution >= 0.6 is 11.3 Å². The Kier molecular flexibility index (Phi) is 6.62. The molecular formula is C17H20N2O3S. The van der Waals surface area contributed by atoms with Crippen molar-refractivity contribution in [3.8, 4) is 5.75 Å². The average molecular weight is 332 g/mol. The number of oxime groups is 1. The van der Waals surface area contributed by atoms with Gasteiger partial charge in [-0.15, -0.1) is 11.3 Å². The van der Waals surface area contributed by atoms with Gasteiger partial charge >= 0.3 is 0 Å². The van der Waals surface area contributed by atoms with Crippen LogP contribution in [0.3, 0.4) is 0 Å². The van der Waals surface area contributed by atoms with Crippen molar-refractivity contribution < 1.29 is 14.4 Å². The number of thiophene rings is 1. The Balaban J connectivity index is 1.68. The maximum atomic E-state index is 11.9. The molecule has 1 heterocycles. The van der Waals surface area contributed by atoms with E-state index in [0.29, 0.717) is 6.54 Å². The normalized spacial score (nSPS) is 12.1. The molecule has 23 heavy (non-hydrogen) atoms. The van der Waals surface area contributed by atoms with Crippen LogP contribution in [0.1, 0.15) is 17.4 Å². The van der Waals surface area contributed by atoms with E-state index in [1.54, 1.807) is 31.6 Å². The first-order valence-corrected chi connectivity index (χ1v) is 8.20. The second kappa shape index (κ2) is 8.95. The lowest BCUT2D eigenvalue weighted by molar-refractivity contribution is -0.131. The van der Waals surface area contributed by atoms with Crippen LogP contribution in [0.2, 0.25) is 0 Å². The zero-order valence-corrected chi connectivity index (χ0v) is 14.0. The Morgan fingerprint density at radius 2 is 2.13 bits per heavy atom. The molecule has 6 heteroatoms. The van der Waals surface area contributed by atoms with Crippen LogP contribution in [0.4, 0.5) is 0 Å². The summed E-state index contributed by atoms with van der Waals surface area (Å²) < 4.78 is 5.11. The summed E-state index contributed by atoms with van der Waals surface area (Å²) in [5.41, 5.74) is 1.13. The minimum Gasteiger partial charge on any atom is -0.497 e. The van der Waals surface area contributed by atoms with Crippen molar-refractivity contribution in [3.05, 3.63) is 52.2 Å². The van der Waals surface area contributed by atoms with Crippen LogP contribution in [0.25, 0.3) is 0 Å². The van der Waals surface area contributed by atoms with Crippen molar-refractivity contribution in [3.63, 3.8) is 0 Å². The van der Waals surface area contributed by atoms with E-state index in [9.17, 15) is 4.79 Å². The topological polar surface area (TPSA) is 59.9 Å². The van der Waals surface area contributed by atoms with E-state index in [4.69, 9.17) is 9.57 Å². The fourth-order valence-electron chi connectivity index (χ4n) is 1.85. The Morgan fingerprint density at radius 1 is 1.35 bits per heavy atom. The number of hydrogen-bond acceptors (Lipinski definition) is 5. The van der Waals surface area contributed by atoms with E-state index in [-0.39, 0.29) is 5.91 Å². The summed E-state index contributed by atoms with van der Waals surface area (Å²) in [6, 6.07) is 11.6. The third-order valence-corrected chi connectivity index (χ3v) is 3.99. The van der Waals surface area contributed by atoms with Gasteiger partial charge < -0.3 is 14.9 Å². The fourth-order valence-corrected chi connectivity index (χ4v) is 2.43. The lowest BCUT2D eigenvalue weighted by Crippen LogP contribution is -2.34. The van der Waals surface area contributed by atoms with Crippen molar-refractivity contribution >= 4 is 23.5 Å². The molecule has 122 valence electrons. The number of hydrogen-bond donors (Lipinski definition) is 1. The first-order chi connectivity index (χ1) is 11.2. The highest BCUT2D eigenvalue weighted by Gasteiger charge is 2.13.